The first kappa shape index (κ1) is 17.4. The van der Waals surface area contributed by atoms with Crippen LogP contribution in [0.15, 0.2) is 52.9 Å². The molecule has 0 aliphatic rings. The third kappa shape index (κ3) is 3.35. The maximum absolute atomic E-state index is 11.5. The Morgan fingerprint density at radius 1 is 0.808 bits per heavy atom. The maximum Gasteiger partial charge on any atom is 0.337 e. The topological polar surface area (TPSA) is 78.6 Å². The quantitative estimate of drug-likeness (QED) is 0.664. The number of oxazole rings is 1. The first-order valence-electron chi connectivity index (χ1n) is 7.88. The zero-order valence-corrected chi connectivity index (χ0v) is 14.6. The van der Waals surface area contributed by atoms with Crippen LogP contribution in [0, 0.1) is 6.92 Å². The van der Waals surface area contributed by atoms with Gasteiger partial charge in [-0.15, -0.1) is 0 Å². The van der Waals surface area contributed by atoms with E-state index in [1.807, 2.05) is 6.92 Å². The minimum absolute atomic E-state index is 0.391. The lowest BCUT2D eigenvalue weighted by atomic mass is 10.1. The number of nitrogens with zero attached hydrogens (tertiary/aromatic N) is 1. The van der Waals surface area contributed by atoms with E-state index in [9.17, 15) is 9.59 Å². The van der Waals surface area contributed by atoms with Crippen molar-refractivity contribution in [2.75, 3.05) is 14.2 Å². The Labute approximate surface area is 150 Å². The zero-order valence-electron chi connectivity index (χ0n) is 14.6. The molecule has 0 aliphatic carbocycles. The molecular formula is C20H17NO5. The van der Waals surface area contributed by atoms with Crippen molar-refractivity contribution in [2.45, 2.75) is 6.92 Å². The van der Waals surface area contributed by atoms with Gasteiger partial charge in [-0.25, -0.2) is 14.6 Å². The highest BCUT2D eigenvalue weighted by Crippen LogP contribution is 2.29. The van der Waals surface area contributed by atoms with Gasteiger partial charge in [0.15, 0.2) is 5.76 Å². The number of methoxy groups -OCH3 is 2. The molecule has 1 heterocycles. The molecule has 132 valence electrons. The van der Waals surface area contributed by atoms with E-state index in [2.05, 4.69) is 9.72 Å². The molecule has 0 saturated heterocycles. The van der Waals surface area contributed by atoms with Gasteiger partial charge in [0.2, 0.25) is 5.89 Å². The third-order valence-electron chi connectivity index (χ3n) is 3.92. The van der Waals surface area contributed by atoms with Crippen LogP contribution in [0.25, 0.3) is 22.8 Å². The summed E-state index contributed by atoms with van der Waals surface area (Å²) in [6.07, 6.45) is 0. The van der Waals surface area contributed by atoms with Gasteiger partial charge in [0.05, 0.1) is 31.0 Å². The van der Waals surface area contributed by atoms with E-state index in [-0.39, 0.29) is 0 Å². The number of carbonyl (C=O) groups excluding carboxylic acids is 2. The molecule has 0 fully saturated rings. The number of rotatable bonds is 4. The number of aryl methyl sites for hydroxylation is 1. The molecule has 0 unspecified atom stereocenters. The Balaban J connectivity index is 1.89. The van der Waals surface area contributed by atoms with Crippen molar-refractivity contribution in [3.63, 3.8) is 0 Å². The van der Waals surface area contributed by atoms with E-state index in [0.717, 1.165) is 16.8 Å². The summed E-state index contributed by atoms with van der Waals surface area (Å²) in [5.74, 6) is 0.281. The van der Waals surface area contributed by atoms with Crippen molar-refractivity contribution in [3.05, 3.63) is 65.4 Å². The first-order valence-corrected chi connectivity index (χ1v) is 7.88. The smallest absolute Gasteiger partial charge is 0.337 e. The van der Waals surface area contributed by atoms with E-state index in [0.29, 0.717) is 22.8 Å². The fraction of sp³-hybridized carbons (Fsp3) is 0.150. The molecule has 0 amide bonds. The second-order valence-corrected chi connectivity index (χ2v) is 5.57. The number of esters is 2. The van der Waals surface area contributed by atoms with Crippen molar-refractivity contribution in [3.8, 4) is 22.8 Å². The zero-order chi connectivity index (χ0) is 18.7. The van der Waals surface area contributed by atoms with Crippen LogP contribution in [0.3, 0.4) is 0 Å². The highest BCUT2D eigenvalue weighted by Gasteiger charge is 2.15. The largest absolute Gasteiger partial charge is 0.465 e. The predicted octanol–water partition coefficient (Wildman–Crippen LogP) is 3.89. The average Bonchev–Trinajstić information content (AvgIpc) is 3.08. The van der Waals surface area contributed by atoms with Gasteiger partial charge in [-0.2, -0.15) is 0 Å². The molecule has 6 heteroatoms. The fourth-order valence-electron chi connectivity index (χ4n) is 2.53. The fourth-order valence-corrected chi connectivity index (χ4v) is 2.53. The molecule has 2 aromatic carbocycles. The number of hydrogen-bond donors (Lipinski definition) is 0. The molecule has 26 heavy (non-hydrogen) atoms. The summed E-state index contributed by atoms with van der Waals surface area (Å²) < 4.78 is 15.3. The lowest BCUT2D eigenvalue weighted by Gasteiger charge is -2.02. The average molecular weight is 351 g/mol. The molecule has 1 aromatic heterocycles. The standard InChI is InChI=1S/C20H17NO5/c1-12-17(13-4-8-15(9-5-13)19(22)24-2)26-18(21-12)14-6-10-16(11-7-14)20(23)25-3/h4-11H,1-3H3. The molecular weight excluding hydrogens is 334 g/mol. The van der Waals surface area contributed by atoms with Gasteiger partial charge in [-0.1, -0.05) is 12.1 Å². The van der Waals surface area contributed by atoms with Crippen LogP contribution >= 0.6 is 0 Å². The van der Waals surface area contributed by atoms with Gasteiger partial charge in [-0.05, 0) is 43.3 Å². The van der Waals surface area contributed by atoms with Crippen LogP contribution in [0.4, 0.5) is 0 Å². The third-order valence-corrected chi connectivity index (χ3v) is 3.92. The number of carbonyl (C=O) groups is 2. The molecule has 0 aliphatic heterocycles. The van der Waals surface area contributed by atoms with Gasteiger partial charge in [0.25, 0.3) is 0 Å². The van der Waals surface area contributed by atoms with Crippen LogP contribution in [-0.2, 0) is 9.47 Å². The van der Waals surface area contributed by atoms with E-state index in [1.54, 1.807) is 48.5 Å². The summed E-state index contributed by atoms with van der Waals surface area (Å²) in [4.78, 5) is 27.5. The van der Waals surface area contributed by atoms with Gasteiger partial charge < -0.3 is 13.9 Å². The Kier molecular flexibility index (Phi) is 4.84. The predicted molar refractivity (Wildman–Crippen MR) is 94.8 cm³/mol. The van der Waals surface area contributed by atoms with E-state index in [1.165, 1.54) is 14.2 Å². The summed E-state index contributed by atoms with van der Waals surface area (Å²) >= 11 is 0. The SMILES string of the molecule is COC(=O)c1ccc(-c2nc(C)c(-c3ccc(C(=O)OC)cc3)o2)cc1. The molecule has 0 N–H and O–H groups in total. The minimum Gasteiger partial charge on any atom is -0.465 e. The Bertz CT molecular complexity index is 939. The van der Waals surface area contributed by atoms with Crippen LogP contribution in [0.5, 0.6) is 0 Å². The van der Waals surface area contributed by atoms with Gasteiger partial charge in [0, 0.05) is 11.1 Å². The van der Waals surface area contributed by atoms with Crippen LogP contribution < -0.4 is 0 Å². The molecule has 0 spiro atoms. The summed E-state index contributed by atoms with van der Waals surface area (Å²) in [6.45, 7) is 1.85. The van der Waals surface area contributed by atoms with Crippen LogP contribution in [-0.4, -0.2) is 31.1 Å². The normalized spacial score (nSPS) is 10.4. The number of aromatic nitrogens is 1. The van der Waals surface area contributed by atoms with E-state index >= 15 is 0 Å². The number of ether oxygens (including phenoxy) is 2. The monoisotopic (exact) mass is 351 g/mol. The van der Waals surface area contributed by atoms with E-state index < -0.39 is 11.9 Å². The molecule has 3 rings (SSSR count). The maximum atomic E-state index is 11.5. The second kappa shape index (κ2) is 7.23. The summed E-state index contributed by atoms with van der Waals surface area (Å²) in [5, 5.41) is 0. The first-order chi connectivity index (χ1) is 12.5. The van der Waals surface area contributed by atoms with Crippen molar-refractivity contribution in [1.29, 1.82) is 0 Å². The summed E-state index contributed by atoms with van der Waals surface area (Å²) in [6, 6.07) is 13.7. The Hall–Kier alpha value is -3.41. The molecule has 3 aromatic rings. The summed E-state index contributed by atoms with van der Waals surface area (Å²) in [5.41, 5.74) is 3.20. The lowest BCUT2D eigenvalue weighted by molar-refractivity contribution is 0.0592. The Morgan fingerprint density at radius 2 is 1.27 bits per heavy atom. The number of hydrogen-bond acceptors (Lipinski definition) is 6. The highest BCUT2D eigenvalue weighted by atomic mass is 16.5. The van der Waals surface area contributed by atoms with Crippen LogP contribution in [0.1, 0.15) is 26.4 Å². The van der Waals surface area contributed by atoms with Crippen molar-refractivity contribution in [1.82, 2.24) is 4.98 Å². The second-order valence-electron chi connectivity index (χ2n) is 5.57. The minimum atomic E-state index is -0.397. The molecule has 0 radical (unpaired) electrons. The lowest BCUT2D eigenvalue weighted by Crippen LogP contribution is -2.00. The van der Waals surface area contributed by atoms with Gasteiger partial charge >= 0.3 is 11.9 Å². The van der Waals surface area contributed by atoms with E-state index in [4.69, 9.17) is 9.15 Å². The van der Waals surface area contributed by atoms with Gasteiger partial charge in [0.1, 0.15) is 0 Å². The number of benzene rings is 2. The van der Waals surface area contributed by atoms with Gasteiger partial charge in [-0.3, -0.25) is 0 Å². The highest BCUT2D eigenvalue weighted by molar-refractivity contribution is 5.90. The van der Waals surface area contributed by atoms with Crippen LogP contribution in [0.2, 0.25) is 0 Å². The molecule has 6 nitrogen and oxygen atoms in total. The molecule has 0 saturated carbocycles. The molecule has 0 atom stereocenters. The van der Waals surface area contributed by atoms with Crippen molar-refractivity contribution < 1.29 is 23.5 Å². The van der Waals surface area contributed by atoms with Crippen molar-refractivity contribution in [2.24, 2.45) is 0 Å². The van der Waals surface area contributed by atoms with Crippen molar-refractivity contribution >= 4 is 11.9 Å². The Morgan fingerprint density at radius 3 is 1.73 bits per heavy atom. The molecule has 0 bridgehead atoms. The summed E-state index contributed by atoms with van der Waals surface area (Å²) in [7, 11) is 2.68.